The summed E-state index contributed by atoms with van der Waals surface area (Å²) in [6.07, 6.45) is 0. The zero-order valence-electron chi connectivity index (χ0n) is 3.54. The molecule has 0 aliphatic carbocycles. The topological polar surface area (TPSA) is 23.9 Å². The van der Waals surface area contributed by atoms with Gasteiger partial charge in [0.25, 0.3) is 0 Å². The number of hydrogen-bond acceptors (Lipinski definition) is 1. The molecule has 0 fully saturated rings. The van der Waals surface area contributed by atoms with Crippen molar-refractivity contribution in [3.05, 3.63) is 0 Å². The third-order valence-electron chi connectivity index (χ3n) is 0.116. The Morgan fingerprint density at radius 3 is 1.43 bits per heavy atom. The molecule has 7 heavy (non-hydrogen) atoms. The zero-order valence-corrected chi connectivity index (χ0v) is 6.36. The second-order valence-corrected chi connectivity index (χ2v) is 1.21. The van der Waals surface area contributed by atoms with Gasteiger partial charge in [-0.15, -0.1) is 13.2 Å². The average molecular weight is 139 g/mol. The van der Waals surface area contributed by atoms with Crippen LogP contribution in [-0.2, 0) is 11.6 Å². The van der Waals surface area contributed by atoms with Gasteiger partial charge >= 0.3 is 17.1 Å². The molecule has 0 atom stereocenters. The normalized spacial score (nSPS) is 9.57. The van der Waals surface area contributed by atoms with Crippen molar-refractivity contribution in [3.8, 4) is 0 Å². The van der Waals surface area contributed by atoms with Gasteiger partial charge in [0.2, 0.25) is 0 Å². The fraction of sp³-hybridized carbons (Fsp3) is 1.00. The van der Waals surface area contributed by atoms with E-state index in [9.17, 15) is 13.2 Å². The summed E-state index contributed by atoms with van der Waals surface area (Å²) in [4.78, 5) is 0. The number of rotatable bonds is 0. The molecule has 6 heteroatoms. The molecule has 0 saturated heterocycles. The summed E-state index contributed by atoms with van der Waals surface area (Å²) < 4.78 is 37.3. The summed E-state index contributed by atoms with van der Waals surface area (Å²) in [7, 11) is 0. The Morgan fingerprint density at radius 2 is 1.43 bits per heavy atom. The molecule has 0 aromatic heterocycles. The molecule has 0 rings (SSSR count). The minimum absolute atomic E-state index is 0. The molecule has 0 bridgehead atoms. The van der Waals surface area contributed by atoms with Gasteiger partial charge in [0.1, 0.15) is 0 Å². The van der Waals surface area contributed by atoms with Crippen molar-refractivity contribution in [2.45, 2.75) is 5.51 Å². The standard InChI is InChI=1S/CHF3NS.Na/c2-1(3,4)6-5;/h5H;/q+1;. The molecule has 0 unspecified atom stereocenters. The van der Waals surface area contributed by atoms with Crippen LogP contribution in [0, 0.1) is 4.78 Å². The van der Waals surface area contributed by atoms with E-state index in [0.29, 0.717) is 0 Å². The summed E-state index contributed by atoms with van der Waals surface area (Å²) in [5.41, 5.74) is -4.38. The molecule has 0 aliphatic rings. The molecule has 0 heterocycles. The number of nitrogens with one attached hydrogen (secondary N) is 1. The fourth-order valence-corrected chi connectivity index (χ4v) is 0. The molecular weight excluding hydrogens is 138 g/mol. The minimum Gasteiger partial charge on any atom is -0.112 e. The molecule has 0 aromatic rings. The third kappa shape index (κ3) is 10.9. The Hall–Kier alpha value is 0.810. The summed E-state index contributed by atoms with van der Waals surface area (Å²) in [6, 6.07) is 0. The van der Waals surface area contributed by atoms with Crippen molar-refractivity contribution in [1.29, 1.82) is 4.78 Å². The smallest absolute Gasteiger partial charge is 0.112 e. The van der Waals surface area contributed by atoms with Crippen LogP contribution < -0.4 is 0 Å². The first kappa shape index (κ1) is 10.7. The van der Waals surface area contributed by atoms with E-state index in [2.05, 4.69) is 0 Å². The second kappa shape index (κ2) is 3.77. The minimum atomic E-state index is -4.38. The van der Waals surface area contributed by atoms with Crippen molar-refractivity contribution < 1.29 is 13.2 Å². The first-order valence-electron chi connectivity index (χ1n) is 0.975. The quantitative estimate of drug-likeness (QED) is 0.382. The van der Waals surface area contributed by atoms with E-state index in [1.165, 1.54) is 0 Å². The van der Waals surface area contributed by atoms with Crippen LogP contribution in [-0.4, -0.2) is 35.1 Å². The van der Waals surface area contributed by atoms with E-state index >= 15 is 0 Å². The van der Waals surface area contributed by atoms with Crippen LogP contribution in [0.1, 0.15) is 0 Å². The van der Waals surface area contributed by atoms with E-state index in [1.807, 2.05) is 0 Å². The summed E-state index contributed by atoms with van der Waals surface area (Å²) in [5, 5.41) is 0. The van der Waals surface area contributed by atoms with Gasteiger partial charge in [0.15, 0.2) is 0 Å². The SMILES string of the molecule is N=[S+]C(F)(F)F.[Na]. The van der Waals surface area contributed by atoms with Gasteiger partial charge in [-0.3, -0.25) is 0 Å². The van der Waals surface area contributed by atoms with Crippen LogP contribution >= 0.6 is 0 Å². The molecule has 1 N–H and O–H groups in total. The van der Waals surface area contributed by atoms with Gasteiger partial charge in [-0.2, -0.15) is 0 Å². The second-order valence-electron chi connectivity index (χ2n) is 0.548. The summed E-state index contributed by atoms with van der Waals surface area (Å²) >= 11 is -0.868. The van der Waals surface area contributed by atoms with E-state index in [4.69, 9.17) is 4.78 Å². The van der Waals surface area contributed by atoms with E-state index in [-0.39, 0.29) is 29.6 Å². The number of halogens is 3. The van der Waals surface area contributed by atoms with Crippen molar-refractivity contribution in [2.24, 2.45) is 0 Å². The Bertz CT molecular complexity index is 60.4. The number of hydrogen-bond donors (Lipinski definition) is 1. The molecule has 37 valence electrons. The van der Waals surface area contributed by atoms with Crippen molar-refractivity contribution in [2.75, 3.05) is 0 Å². The molecule has 0 saturated carbocycles. The van der Waals surface area contributed by atoms with Gasteiger partial charge < -0.3 is 0 Å². The predicted octanol–water partition coefficient (Wildman–Crippen LogP) is 0.970. The first-order chi connectivity index (χ1) is 2.56. The molecule has 1 radical (unpaired) electrons. The molecule has 0 amide bonds. The summed E-state index contributed by atoms with van der Waals surface area (Å²) in [5.74, 6) is 0. The maximum atomic E-state index is 10.6. The average Bonchev–Trinajstić information content (AvgIpc) is 1.35. The Balaban J connectivity index is 0. The zero-order chi connectivity index (χ0) is 5.21. The summed E-state index contributed by atoms with van der Waals surface area (Å²) in [6.45, 7) is 0. The van der Waals surface area contributed by atoms with Crippen LogP contribution in [0.15, 0.2) is 0 Å². The van der Waals surface area contributed by atoms with Crippen molar-refractivity contribution in [1.82, 2.24) is 0 Å². The monoisotopic (exact) mass is 139 g/mol. The van der Waals surface area contributed by atoms with E-state index < -0.39 is 17.1 Å². The largest absolute Gasteiger partial charge is 0.673 e. The van der Waals surface area contributed by atoms with Crippen molar-refractivity contribution >= 4 is 41.1 Å². The van der Waals surface area contributed by atoms with Crippen molar-refractivity contribution in [3.63, 3.8) is 0 Å². The molecule has 0 aromatic carbocycles. The fourth-order valence-electron chi connectivity index (χ4n) is 0. The molecule has 1 nitrogen and oxygen atoms in total. The van der Waals surface area contributed by atoms with Gasteiger partial charge in [-0.05, 0) is 4.78 Å². The Labute approximate surface area is 64.5 Å². The first-order valence-corrected chi connectivity index (χ1v) is 1.79. The van der Waals surface area contributed by atoms with Crippen LogP contribution in [0.25, 0.3) is 0 Å². The molecule has 0 aliphatic heterocycles. The van der Waals surface area contributed by atoms with Gasteiger partial charge in [-0.25, -0.2) is 0 Å². The maximum absolute atomic E-state index is 10.6. The van der Waals surface area contributed by atoms with Crippen LogP contribution in [0.5, 0.6) is 0 Å². The van der Waals surface area contributed by atoms with E-state index in [0.717, 1.165) is 0 Å². The number of alkyl halides is 3. The van der Waals surface area contributed by atoms with Crippen LogP contribution in [0.4, 0.5) is 13.2 Å². The Kier molecular flexibility index (Phi) is 5.78. The van der Waals surface area contributed by atoms with Crippen LogP contribution in [0.3, 0.4) is 0 Å². The predicted molar refractivity (Wildman–Crippen MR) is 21.9 cm³/mol. The molecular formula is CHF3NNaS+. The molecule has 0 spiro atoms. The van der Waals surface area contributed by atoms with Gasteiger partial charge in [0, 0.05) is 29.6 Å². The maximum Gasteiger partial charge on any atom is 0.673 e. The third-order valence-corrected chi connectivity index (χ3v) is 0.347. The van der Waals surface area contributed by atoms with Gasteiger partial charge in [0.05, 0.1) is 0 Å². The van der Waals surface area contributed by atoms with E-state index in [1.54, 1.807) is 0 Å². The Morgan fingerprint density at radius 1 is 1.29 bits per heavy atom. The van der Waals surface area contributed by atoms with Gasteiger partial charge in [-0.1, -0.05) is 0 Å². The van der Waals surface area contributed by atoms with Crippen LogP contribution in [0.2, 0.25) is 0 Å².